The van der Waals surface area contributed by atoms with Gasteiger partial charge in [0.2, 0.25) is 6.41 Å². The van der Waals surface area contributed by atoms with E-state index in [1.165, 1.54) is 18.4 Å². The minimum atomic E-state index is 0.0690. The molecule has 1 amide bonds. The van der Waals surface area contributed by atoms with Gasteiger partial charge in [0, 0.05) is 24.5 Å². The van der Waals surface area contributed by atoms with Crippen LogP contribution < -0.4 is 5.32 Å². The Hall–Kier alpha value is -2.21. The molecule has 1 aromatic carbocycles. The number of hydrogen-bond acceptors (Lipinski definition) is 4. The zero-order chi connectivity index (χ0) is 21.5. The fourth-order valence-electron chi connectivity index (χ4n) is 4.86. The number of amides is 1. The highest BCUT2D eigenvalue weighted by Gasteiger charge is 2.29. The molecule has 1 fully saturated rings. The summed E-state index contributed by atoms with van der Waals surface area (Å²) >= 11 is 0. The van der Waals surface area contributed by atoms with Crippen molar-refractivity contribution in [2.24, 2.45) is 0 Å². The second kappa shape index (κ2) is 10.7. The molecule has 6 heteroatoms. The van der Waals surface area contributed by atoms with Gasteiger partial charge in [-0.3, -0.25) is 4.79 Å². The molecule has 2 unspecified atom stereocenters. The Morgan fingerprint density at radius 1 is 1.23 bits per heavy atom. The summed E-state index contributed by atoms with van der Waals surface area (Å²) in [4.78, 5) is 13.8. The van der Waals surface area contributed by atoms with Crippen LogP contribution in [-0.2, 0) is 4.79 Å². The summed E-state index contributed by atoms with van der Waals surface area (Å²) in [6.45, 7) is 10.9. The molecular weight excluding hydrogens is 374 g/mol. The number of likely N-dealkylation sites (tertiary alicyclic amines) is 1. The number of benzene rings is 1. The predicted octanol–water partition coefficient (Wildman–Crippen LogP) is 4.39. The summed E-state index contributed by atoms with van der Waals surface area (Å²) in [5.41, 5.74) is 1.17. The summed E-state index contributed by atoms with van der Waals surface area (Å²) in [5.74, 6) is 2.50. The molecule has 0 radical (unpaired) electrons. The summed E-state index contributed by atoms with van der Waals surface area (Å²) in [6.07, 6.45) is 6.46. The molecule has 164 valence electrons. The van der Waals surface area contributed by atoms with Crippen molar-refractivity contribution in [1.29, 1.82) is 0 Å². The van der Waals surface area contributed by atoms with Gasteiger partial charge in [0.25, 0.3) is 0 Å². The third-order valence-corrected chi connectivity index (χ3v) is 6.46. The molecule has 2 aromatic rings. The second-order valence-electron chi connectivity index (χ2n) is 8.80. The molecule has 0 bridgehead atoms. The van der Waals surface area contributed by atoms with Crippen LogP contribution in [0.2, 0.25) is 0 Å². The number of carbonyl (C=O) groups excluding carboxylic acids is 1. The average molecular weight is 412 g/mol. The van der Waals surface area contributed by atoms with Crippen LogP contribution in [0.4, 0.5) is 0 Å². The van der Waals surface area contributed by atoms with E-state index in [4.69, 9.17) is 0 Å². The molecule has 1 N–H and O–H groups in total. The zero-order valence-corrected chi connectivity index (χ0v) is 18.9. The summed E-state index contributed by atoms with van der Waals surface area (Å²) in [6, 6.07) is 11.3. The molecule has 0 aliphatic carbocycles. The van der Waals surface area contributed by atoms with Crippen molar-refractivity contribution < 1.29 is 4.79 Å². The first-order valence-corrected chi connectivity index (χ1v) is 11.4. The molecule has 1 saturated heterocycles. The molecule has 2 heterocycles. The monoisotopic (exact) mass is 411 g/mol. The number of rotatable bonds is 11. The first kappa shape index (κ1) is 22.5. The lowest BCUT2D eigenvalue weighted by atomic mass is 10.00. The smallest absolute Gasteiger partial charge is 0.207 e. The maximum atomic E-state index is 11.1. The van der Waals surface area contributed by atoms with Crippen LogP contribution in [0.1, 0.15) is 88.1 Å². The largest absolute Gasteiger partial charge is 0.352 e. The molecule has 0 saturated carbocycles. The van der Waals surface area contributed by atoms with Gasteiger partial charge in [-0.25, -0.2) is 0 Å². The van der Waals surface area contributed by atoms with Crippen molar-refractivity contribution in [1.82, 2.24) is 25.0 Å². The van der Waals surface area contributed by atoms with Crippen molar-refractivity contribution in [3.63, 3.8) is 0 Å². The SMILES string of the molecule is CCC(CC1CCCN1CC[C@H](NC=O)c1ccccc1)n1c(C)nnc1C(C)C. The van der Waals surface area contributed by atoms with Crippen molar-refractivity contribution in [3.05, 3.63) is 47.5 Å². The normalized spacial score (nSPS) is 19.2. The van der Waals surface area contributed by atoms with Gasteiger partial charge in [-0.05, 0) is 51.1 Å². The fraction of sp³-hybridized carbons (Fsp3) is 0.625. The van der Waals surface area contributed by atoms with Gasteiger partial charge in [0.1, 0.15) is 11.6 Å². The van der Waals surface area contributed by atoms with E-state index in [2.05, 4.69) is 64.8 Å². The summed E-state index contributed by atoms with van der Waals surface area (Å²) in [7, 11) is 0. The van der Waals surface area contributed by atoms with Crippen LogP contribution in [0.3, 0.4) is 0 Å². The van der Waals surface area contributed by atoms with E-state index < -0.39 is 0 Å². The highest BCUT2D eigenvalue weighted by molar-refractivity contribution is 5.47. The minimum absolute atomic E-state index is 0.0690. The van der Waals surface area contributed by atoms with Crippen LogP contribution in [0.15, 0.2) is 30.3 Å². The molecule has 0 spiro atoms. The van der Waals surface area contributed by atoms with E-state index >= 15 is 0 Å². The van der Waals surface area contributed by atoms with E-state index in [9.17, 15) is 4.79 Å². The summed E-state index contributed by atoms with van der Waals surface area (Å²) < 4.78 is 2.38. The predicted molar refractivity (Wildman–Crippen MR) is 120 cm³/mol. The van der Waals surface area contributed by atoms with Gasteiger partial charge in [0.15, 0.2) is 0 Å². The van der Waals surface area contributed by atoms with Crippen LogP contribution in [-0.4, -0.2) is 45.2 Å². The molecular formula is C24H37N5O. The van der Waals surface area contributed by atoms with Gasteiger partial charge in [-0.15, -0.1) is 10.2 Å². The summed E-state index contributed by atoms with van der Waals surface area (Å²) in [5, 5.41) is 11.8. The Bertz CT molecular complexity index is 788. The highest BCUT2D eigenvalue weighted by Crippen LogP contribution is 2.31. The van der Waals surface area contributed by atoms with Gasteiger partial charge in [-0.1, -0.05) is 51.1 Å². The highest BCUT2D eigenvalue weighted by atomic mass is 16.1. The topological polar surface area (TPSA) is 63.1 Å². The maximum Gasteiger partial charge on any atom is 0.207 e. The third-order valence-electron chi connectivity index (χ3n) is 6.46. The number of carbonyl (C=O) groups is 1. The Labute approximate surface area is 181 Å². The lowest BCUT2D eigenvalue weighted by Gasteiger charge is -2.31. The van der Waals surface area contributed by atoms with Gasteiger partial charge >= 0.3 is 0 Å². The van der Waals surface area contributed by atoms with E-state index in [1.807, 2.05) is 18.2 Å². The zero-order valence-electron chi connectivity index (χ0n) is 18.9. The Balaban J connectivity index is 1.66. The number of nitrogens with zero attached hydrogens (tertiary/aromatic N) is 4. The van der Waals surface area contributed by atoms with Crippen LogP contribution in [0.25, 0.3) is 0 Å². The van der Waals surface area contributed by atoms with E-state index in [0.29, 0.717) is 18.0 Å². The first-order chi connectivity index (χ1) is 14.5. The van der Waals surface area contributed by atoms with Crippen molar-refractivity contribution >= 4 is 6.41 Å². The first-order valence-electron chi connectivity index (χ1n) is 11.4. The maximum absolute atomic E-state index is 11.1. The van der Waals surface area contributed by atoms with Crippen LogP contribution >= 0.6 is 0 Å². The van der Waals surface area contributed by atoms with E-state index in [-0.39, 0.29) is 6.04 Å². The number of aryl methyl sites for hydroxylation is 1. The Morgan fingerprint density at radius 3 is 2.67 bits per heavy atom. The molecule has 1 aromatic heterocycles. The Morgan fingerprint density at radius 2 is 2.00 bits per heavy atom. The molecule has 1 aliphatic heterocycles. The number of nitrogens with one attached hydrogen (secondary N) is 1. The standard InChI is InChI=1S/C24H37N5O/c1-5-21(29-19(4)26-27-24(29)18(2)3)16-22-12-9-14-28(22)15-13-23(25-17-30)20-10-7-6-8-11-20/h6-8,10-11,17-18,21-23H,5,9,12-16H2,1-4H3,(H,25,30)/t21?,22?,23-/m0/s1. The van der Waals surface area contributed by atoms with Gasteiger partial charge in [-0.2, -0.15) is 0 Å². The molecule has 30 heavy (non-hydrogen) atoms. The van der Waals surface area contributed by atoms with Crippen molar-refractivity contribution in [2.45, 2.75) is 83.8 Å². The lowest BCUT2D eigenvalue weighted by Crippen LogP contribution is -2.35. The van der Waals surface area contributed by atoms with Crippen LogP contribution in [0.5, 0.6) is 0 Å². The van der Waals surface area contributed by atoms with Crippen molar-refractivity contribution in [3.8, 4) is 0 Å². The van der Waals surface area contributed by atoms with E-state index in [1.54, 1.807) is 0 Å². The van der Waals surface area contributed by atoms with Gasteiger partial charge in [0.05, 0.1) is 6.04 Å². The van der Waals surface area contributed by atoms with Crippen LogP contribution in [0, 0.1) is 6.92 Å². The molecule has 3 atom stereocenters. The Kier molecular flexibility index (Phi) is 8.02. The molecule has 3 rings (SSSR count). The number of aromatic nitrogens is 3. The molecule has 1 aliphatic rings. The van der Waals surface area contributed by atoms with Crippen molar-refractivity contribution in [2.75, 3.05) is 13.1 Å². The quantitative estimate of drug-likeness (QED) is 0.557. The minimum Gasteiger partial charge on any atom is -0.352 e. The fourth-order valence-corrected chi connectivity index (χ4v) is 4.86. The lowest BCUT2D eigenvalue weighted by molar-refractivity contribution is -0.110. The van der Waals surface area contributed by atoms with E-state index in [0.717, 1.165) is 50.4 Å². The number of hydrogen-bond donors (Lipinski definition) is 1. The average Bonchev–Trinajstić information content (AvgIpc) is 3.36. The second-order valence-corrected chi connectivity index (χ2v) is 8.80. The third kappa shape index (κ3) is 5.28. The van der Waals surface area contributed by atoms with Gasteiger partial charge < -0.3 is 14.8 Å². The molecule has 6 nitrogen and oxygen atoms in total.